The predicted molar refractivity (Wildman–Crippen MR) is 85.6 cm³/mol. The van der Waals surface area contributed by atoms with Gasteiger partial charge in [0.25, 0.3) is 0 Å². The van der Waals surface area contributed by atoms with Crippen LogP contribution in [0.15, 0.2) is 36.5 Å². The Morgan fingerprint density at radius 3 is 2.71 bits per heavy atom. The first kappa shape index (κ1) is 15.6. The van der Waals surface area contributed by atoms with Gasteiger partial charge in [-0.2, -0.15) is 5.10 Å². The zero-order valence-electron chi connectivity index (χ0n) is 13.2. The van der Waals surface area contributed by atoms with Gasteiger partial charge in [0.1, 0.15) is 5.75 Å². The maximum atomic E-state index is 5.67. The lowest BCUT2D eigenvalue weighted by molar-refractivity contribution is 0.308. The molecule has 2 rings (SSSR count). The van der Waals surface area contributed by atoms with Crippen molar-refractivity contribution in [1.29, 1.82) is 0 Å². The number of ether oxygens (including phenoxy) is 1. The zero-order chi connectivity index (χ0) is 15.1. The molecule has 0 aliphatic heterocycles. The third kappa shape index (κ3) is 4.90. The SMILES string of the molecule is CC(C)c1nn(C)cc1CNCCCOc1ccccc1. The van der Waals surface area contributed by atoms with Gasteiger partial charge in [-0.3, -0.25) is 4.68 Å². The van der Waals surface area contributed by atoms with Gasteiger partial charge in [-0.1, -0.05) is 32.0 Å². The monoisotopic (exact) mass is 287 g/mol. The minimum atomic E-state index is 0.462. The molecule has 1 N–H and O–H groups in total. The molecule has 2 aromatic rings. The molecule has 0 amide bonds. The lowest BCUT2D eigenvalue weighted by atomic mass is 10.1. The minimum absolute atomic E-state index is 0.462. The average molecular weight is 287 g/mol. The van der Waals surface area contributed by atoms with E-state index in [1.165, 1.54) is 11.3 Å². The third-order valence-corrected chi connectivity index (χ3v) is 3.31. The van der Waals surface area contributed by atoms with Gasteiger partial charge in [0.05, 0.1) is 12.3 Å². The second-order valence-electron chi connectivity index (χ2n) is 5.56. The van der Waals surface area contributed by atoms with E-state index in [0.29, 0.717) is 5.92 Å². The molecule has 0 radical (unpaired) electrons. The van der Waals surface area contributed by atoms with Crippen LogP contribution in [-0.4, -0.2) is 22.9 Å². The van der Waals surface area contributed by atoms with E-state index in [-0.39, 0.29) is 0 Å². The van der Waals surface area contributed by atoms with E-state index in [0.717, 1.165) is 31.9 Å². The van der Waals surface area contributed by atoms with Gasteiger partial charge < -0.3 is 10.1 Å². The van der Waals surface area contributed by atoms with Crippen molar-refractivity contribution < 1.29 is 4.74 Å². The van der Waals surface area contributed by atoms with E-state index >= 15 is 0 Å². The Morgan fingerprint density at radius 1 is 1.24 bits per heavy atom. The number of nitrogens with zero attached hydrogens (tertiary/aromatic N) is 2. The molecule has 0 spiro atoms. The Bertz CT molecular complexity index is 534. The van der Waals surface area contributed by atoms with E-state index in [1.807, 2.05) is 42.1 Å². The highest BCUT2D eigenvalue weighted by molar-refractivity contribution is 5.21. The number of hydrogen-bond acceptors (Lipinski definition) is 3. The second kappa shape index (κ2) is 7.84. The van der Waals surface area contributed by atoms with E-state index in [1.54, 1.807) is 0 Å². The lowest BCUT2D eigenvalue weighted by Gasteiger charge is -2.08. The molecular weight excluding hydrogens is 262 g/mol. The highest BCUT2D eigenvalue weighted by atomic mass is 16.5. The highest BCUT2D eigenvalue weighted by Gasteiger charge is 2.10. The first-order valence-corrected chi connectivity index (χ1v) is 7.58. The maximum Gasteiger partial charge on any atom is 0.119 e. The van der Waals surface area contributed by atoms with Crippen LogP contribution in [0.3, 0.4) is 0 Å². The van der Waals surface area contributed by atoms with Crippen molar-refractivity contribution in [3.05, 3.63) is 47.8 Å². The standard InChI is InChI=1S/C17H25N3O/c1-14(2)17-15(13-20(3)19-17)12-18-10-7-11-21-16-8-5-4-6-9-16/h4-6,8-9,13-14,18H,7,10-12H2,1-3H3. The molecule has 1 aromatic heterocycles. The largest absolute Gasteiger partial charge is 0.494 e. The normalized spacial score (nSPS) is 11.0. The summed E-state index contributed by atoms with van der Waals surface area (Å²) in [5.74, 6) is 1.40. The Balaban J connectivity index is 1.66. The molecule has 4 heteroatoms. The Labute approximate surface area is 127 Å². The fourth-order valence-electron chi connectivity index (χ4n) is 2.30. The molecule has 21 heavy (non-hydrogen) atoms. The van der Waals surface area contributed by atoms with Gasteiger partial charge in [-0.15, -0.1) is 0 Å². The van der Waals surface area contributed by atoms with Crippen LogP contribution in [-0.2, 0) is 13.6 Å². The van der Waals surface area contributed by atoms with Gasteiger partial charge in [-0.25, -0.2) is 0 Å². The fraction of sp³-hybridized carbons (Fsp3) is 0.471. The summed E-state index contributed by atoms with van der Waals surface area (Å²) in [5.41, 5.74) is 2.47. The molecule has 0 atom stereocenters. The van der Waals surface area contributed by atoms with Crippen molar-refractivity contribution in [3.8, 4) is 5.75 Å². The highest BCUT2D eigenvalue weighted by Crippen LogP contribution is 2.16. The van der Waals surface area contributed by atoms with Crippen molar-refractivity contribution >= 4 is 0 Å². The van der Waals surface area contributed by atoms with Crippen LogP contribution >= 0.6 is 0 Å². The van der Waals surface area contributed by atoms with Gasteiger partial charge in [0.15, 0.2) is 0 Å². The molecule has 0 bridgehead atoms. The second-order valence-corrected chi connectivity index (χ2v) is 5.56. The first-order valence-electron chi connectivity index (χ1n) is 7.58. The lowest BCUT2D eigenvalue weighted by Crippen LogP contribution is -2.17. The van der Waals surface area contributed by atoms with Crippen molar-refractivity contribution in [2.75, 3.05) is 13.2 Å². The predicted octanol–water partition coefficient (Wildman–Crippen LogP) is 3.10. The van der Waals surface area contributed by atoms with Crippen LogP contribution in [0.1, 0.15) is 37.4 Å². The van der Waals surface area contributed by atoms with Crippen molar-refractivity contribution in [3.63, 3.8) is 0 Å². The fourth-order valence-corrected chi connectivity index (χ4v) is 2.30. The maximum absolute atomic E-state index is 5.67. The van der Waals surface area contributed by atoms with Crippen molar-refractivity contribution in [1.82, 2.24) is 15.1 Å². The number of aryl methyl sites for hydroxylation is 1. The molecule has 0 saturated carbocycles. The topological polar surface area (TPSA) is 39.1 Å². The summed E-state index contributed by atoms with van der Waals surface area (Å²) in [6.07, 6.45) is 3.09. The zero-order valence-corrected chi connectivity index (χ0v) is 13.2. The molecule has 4 nitrogen and oxygen atoms in total. The Morgan fingerprint density at radius 2 is 2.00 bits per heavy atom. The molecule has 0 aliphatic rings. The summed E-state index contributed by atoms with van der Waals surface area (Å²) in [7, 11) is 1.98. The summed E-state index contributed by atoms with van der Waals surface area (Å²) in [6, 6.07) is 9.94. The number of benzene rings is 1. The van der Waals surface area contributed by atoms with E-state index in [2.05, 4.69) is 30.5 Å². The van der Waals surface area contributed by atoms with Crippen molar-refractivity contribution in [2.24, 2.45) is 7.05 Å². The molecule has 0 saturated heterocycles. The van der Waals surface area contributed by atoms with Gasteiger partial charge in [0.2, 0.25) is 0 Å². The van der Waals surface area contributed by atoms with Gasteiger partial charge >= 0.3 is 0 Å². The van der Waals surface area contributed by atoms with E-state index < -0.39 is 0 Å². The summed E-state index contributed by atoms with van der Waals surface area (Å²) in [5, 5.41) is 7.98. The molecule has 1 aromatic carbocycles. The minimum Gasteiger partial charge on any atom is -0.494 e. The van der Waals surface area contributed by atoms with E-state index in [9.17, 15) is 0 Å². The number of rotatable bonds is 8. The molecule has 1 heterocycles. The Hall–Kier alpha value is -1.81. The average Bonchev–Trinajstić information content (AvgIpc) is 2.85. The van der Waals surface area contributed by atoms with Crippen LogP contribution in [0.25, 0.3) is 0 Å². The van der Waals surface area contributed by atoms with Gasteiger partial charge in [0, 0.05) is 25.4 Å². The molecule has 0 unspecified atom stereocenters. The first-order chi connectivity index (χ1) is 10.2. The number of para-hydroxylation sites is 1. The van der Waals surface area contributed by atoms with Crippen LogP contribution in [0.4, 0.5) is 0 Å². The smallest absolute Gasteiger partial charge is 0.119 e. The number of aromatic nitrogens is 2. The molecular formula is C17H25N3O. The van der Waals surface area contributed by atoms with E-state index in [4.69, 9.17) is 4.74 Å². The number of hydrogen-bond donors (Lipinski definition) is 1. The van der Waals surface area contributed by atoms with Crippen molar-refractivity contribution in [2.45, 2.75) is 32.7 Å². The summed E-state index contributed by atoms with van der Waals surface area (Å²) < 4.78 is 7.56. The summed E-state index contributed by atoms with van der Waals surface area (Å²) in [4.78, 5) is 0. The third-order valence-electron chi connectivity index (χ3n) is 3.31. The molecule has 114 valence electrons. The van der Waals surface area contributed by atoms with Crippen LogP contribution in [0.2, 0.25) is 0 Å². The molecule has 0 fully saturated rings. The van der Waals surface area contributed by atoms with Gasteiger partial charge in [-0.05, 0) is 31.0 Å². The Kier molecular flexibility index (Phi) is 5.81. The van der Waals surface area contributed by atoms with Crippen LogP contribution in [0, 0.1) is 0 Å². The van der Waals surface area contributed by atoms with Crippen LogP contribution in [0.5, 0.6) is 5.75 Å². The quantitative estimate of drug-likeness (QED) is 0.758. The molecule has 0 aliphatic carbocycles. The number of nitrogens with one attached hydrogen (secondary N) is 1. The summed E-state index contributed by atoms with van der Waals surface area (Å²) in [6.45, 7) is 6.91. The summed E-state index contributed by atoms with van der Waals surface area (Å²) >= 11 is 0. The van der Waals surface area contributed by atoms with Crippen LogP contribution < -0.4 is 10.1 Å².